The van der Waals surface area contributed by atoms with Crippen LogP contribution in [0.4, 0.5) is 0 Å². The van der Waals surface area contributed by atoms with Crippen molar-refractivity contribution in [1.29, 1.82) is 0 Å². The van der Waals surface area contributed by atoms with E-state index in [-0.39, 0.29) is 0 Å². The second-order valence-corrected chi connectivity index (χ2v) is 9.57. The van der Waals surface area contributed by atoms with Crippen LogP contribution in [-0.2, 0) is 0 Å². The normalized spacial score (nSPS) is 11.3. The quantitative estimate of drug-likeness (QED) is 0.286. The van der Waals surface area contributed by atoms with Crippen molar-refractivity contribution in [3.63, 3.8) is 0 Å². The van der Waals surface area contributed by atoms with Gasteiger partial charge >= 0.3 is 0 Å². The fourth-order valence-corrected chi connectivity index (χ4v) is 8.11. The Balaban J connectivity index is 6.46. The van der Waals surface area contributed by atoms with Crippen molar-refractivity contribution in [2.45, 2.75) is 6.04 Å². The van der Waals surface area contributed by atoms with Gasteiger partial charge in [-0.15, -0.1) is 46.1 Å². The van der Waals surface area contributed by atoms with E-state index in [9.17, 15) is 0 Å². The highest BCUT2D eigenvalue weighted by atomic mass is 28.4. The van der Waals surface area contributed by atoms with Crippen LogP contribution in [0.1, 0.15) is 0 Å². The molecule has 0 bridgehead atoms. The highest BCUT2D eigenvalue weighted by molar-refractivity contribution is 6.72. The fraction of sp³-hybridized carbons (Fsp3) is 0.333. The highest BCUT2D eigenvalue weighted by Gasteiger charge is 2.48. The van der Waals surface area contributed by atoms with Crippen LogP contribution in [0.15, 0.2) is 88.6 Å². The first kappa shape index (κ1) is 23.3. The molecule has 4 heteroatoms. The van der Waals surface area contributed by atoms with Gasteiger partial charge in [-0.05, 0) is 0 Å². The standard InChI is InChI=1S/C21H35N3Si/c1-8-15-22(16-9-2)25(21-14-7,23(17-10-3)18-11-4)24(19-12-5)20-13-6/h8-14H,1-7,15-21H2. The molecular weight excluding hydrogens is 322 g/mol. The van der Waals surface area contributed by atoms with E-state index in [1.54, 1.807) is 0 Å². The van der Waals surface area contributed by atoms with Crippen LogP contribution >= 0.6 is 0 Å². The van der Waals surface area contributed by atoms with Crippen LogP contribution in [0.25, 0.3) is 0 Å². The summed E-state index contributed by atoms with van der Waals surface area (Å²) in [5.74, 6) is 0. The topological polar surface area (TPSA) is 9.72 Å². The zero-order valence-electron chi connectivity index (χ0n) is 15.8. The Labute approximate surface area is 156 Å². The van der Waals surface area contributed by atoms with E-state index < -0.39 is 8.56 Å². The molecule has 0 aliphatic rings. The van der Waals surface area contributed by atoms with Crippen molar-refractivity contribution in [1.82, 2.24) is 13.7 Å². The molecule has 0 rings (SSSR count). The Hall–Kier alpha value is -1.72. The van der Waals surface area contributed by atoms with Crippen LogP contribution in [0, 0.1) is 0 Å². The molecule has 0 atom stereocenters. The summed E-state index contributed by atoms with van der Waals surface area (Å²) in [6.45, 7) is 32.5. The van der Waals surface area contributed by atoms with Gasteiger partial charge in [0.25, 0.3) is 8.56 Å². The van der Waals surface area contributed by atoms with E-state index in [2.05, 4.69) is 59.7 Å². The Morgan fingerprint density at radius 1 is 0.440 bits per heavy atom. The van der Waals surface area contributed by atoms with E-state index in [0.717, 1.165) is 45.3 Å². The van der Waals surface area contributed by atoms with Gasteiger partial charge in [-0.2, -0.15) is 0 Å². The summed E-state index contributed by atoms with van der Waals surface area (Å²) in [5.41, 5.74) is 0. The van der Waals surface area contributed by atoms with Crippen molar-refractivity contribution >= 4 is 8.56 Å². The predicted molar refractivity (Wildman–Crippen MR) is 117 cm³/mol. The minimum absolute atomic E-state index is 0.779. The van der Waals surface area contributed by atoms with Crippen LogP contribution in [0.2, 0.25) is 6.04 Å². The van der Waals surface area contributed by atoms with E-state index in [1.807, 2.05) is 42.5 Å². The van der Waals surface area contributed by atoms with E-state index in [1.165, 1.54) is 0 Å². The van der Waals surface area contributed by atoms with Crippen LogP contribution in [0.5, 0.6) is 0 Å². The highest BCUT2D eigenvalue weighted by Crippen LogP contribution is 2.26. The molecule has 0 aliphatic carbocycles. The predicted octanol–water partition coefficient (Wildman–Crippen LogP) is 4.13. The molecule has 0 aromatic carbocycles. The molecule has 0 aromatic heterocycles. The Kier molecular flexibility index (Phi) is 12.6. The first-order valence-electron chi connectivity index (χ1n) is 8.64. The summed E-state index contributed by atoms with van der Waals surface area (Å²) in [6, 6.07) is 0.873. The number of hydrogen-bond donors (Lipinski definition) is 0. The third-order valence-corrected chi connectivity index (χ3v) is 9.01. The van der Waals surface area contributed by atoms with Gasteiger partial charge in [-0.3, -0.25) is 13.7 Å². The first-order valence-corrected chi connectivity index (χ1v) is 10.7. The molecule has 0 spiro atoms. The molecule has 0 N–H and O–H groups in total. The number of nitrogens with zero attached hydrogens (tertiary/aromatic N) is 3. The third-order valence-electron chi connectivity index (χ3n) is 4.03. The maximum Gasteiger partial charge on any atom is 0.294 e. The monoisotopic (exact) mass is 357 g/mol. The fourth-order valence-electron chi connectivity index (χ4n) is 3.22. The molecule has 0 aliphatic heterocycles. The number of allylic oxidation sites excluding steroid dienone is 1. The van der Waals surface area contributed by atoms with Crippen molar-refractivity contribution in [3.05, 3.63) is 88.6 Å². The van der Waals surface area contributed by atoms with Crippen LogP contribution in [0.3, 0.4) is 0 Å². The van der Waals surface area contributed by atoms with Crippen LogP contribution < -0.4 is 0 Å². The van der Waals surface area contributed by atoms with E-state index in [0.29, 0.717) is 0 Å². The lowest BCUT2D eigenvalue weighted by Gasteiger charge is -2.53. The molecular formula is C21H35N3Si. The van der Waals surface area contributed by atoms with Crippen molar-refractivity contribution < 1.29 is 0 Å². The molecule has 0 unspecified atom stereocenters. The molecule has 3 nitrogen and oxygen atoms in total. The molecule has 0 saturated carbocycles. The molecule has 0 heterocycles. The molecule has 138 valence electrons. The first-order chi connectivity index (χ1) is 12.1. The van der Waals surface area contributed by atoms with Gasteiger partial charge in [0.1, 0.15) is 0 Å². The lowest BCUT2D eigenvalue weighted by atomic mass is 10.5. The summed E-state index contributed by atoms with van der Waals surface area (Å²) in [6.07, 6.45) is 13.7. The van der Waals surface area contributed by atoms with Gasteiger partial charge in [-0.25, -0.2) is 0 Å². The summed E-state index contributed by atoms with van der Waals surface area (Å²) < 4.78 is 7.44. The molecule has 0 saturated heterocycles. The summed E-state index contributed by atoms with van der Waals surface area (Å²) in [7, 11) is -2.36. The van der Waals surface area contributed by atoms with Gasteiger partial charge in [0.15, 0.2) is 0 Å². The lowest BCUT2D eigenvalue weighted by Crippen LogP contribution is -2.75. The largest absolute Gasteiger partial charge is 0.294 e. The molecule has 0 aromatic rings. The average molecular weight is 358 g/mol. The van der Waals surface area contributed by atoms with Gasteiger partial charge in [0.05, 0.1) is 0 Å². The Morgan fingerprint density at radius 3 is 0.840 bits per heavy atom. The lowest BCUT2D eigenvalue weighted by molar-refractivity contribution is 0.298. The minimum atomic E-state index is -2.36. The van der Waals surface area contributed by atoms with E-state index >= 15 is 0 Å². The number of rotatable bonds is 17. The van der Waals surface area contributed by atoms with Gasteiger partial charge < -0.3 is 0 Å². The summed E-state index contributed by atoms with van der Waals surface area (Å²) >= 11 is 0. The average Bonchev–Trinajstić information content (AvgIpc) is 2.59. The number of hydrogen-bond acceptors (Lipinski definition) is 3. The summed E-state index contributed by atoms with van der Waals surface area (Å²) in [4.78, 5) is 0. The Bertz CT molecular complexity index is 380. The molecule has 0 radical (unpaired) electrons. The molecule has 25 heavy (non-hydrogen) atoms. The third kappa shape index (κ3) is 6.25. The Morgan fingerprint density at radius 2 is 0.680 bits per heavy atom. The SMILES string of the molecule is C=CCN(CC=C)[Si](CC=C)(N(CC=C)CC=C)N(CC=C)CC=C. The van der Waals surface area contributed by atoms with Crippen molar-refractivity contribution in [2.24, 2.45) is 0 Å². The van der Waals surface area contributed by atoms with Gasteiger partial charge in [0.2, 0.25) is 0 Å². The van der Waals surface area contributed by atoms with Gasteiger partial charge in [0, 0.05) is 45.3 Å². The minimum Gasteiger partial charge on any atom is -0.292 e. The van der Waals surface area contributed by atoms with Crippen molar-refractivity contribution in [3.8, 4) is 0 Å². The maximum absolute atomic E-state index is 4.05. The van der Waals surface area contributed by atoms with E-state index in [4.69, 9.17) is 0 Å². The maximum atomic E-state index is 4.05. The van der Waals surface area contributed by atoms with Crippen LogP contribution in [-0.4, -0.2) is 61.5 Å². The summed E-state index contributed by atoms with van der Waals surface area (Å²) in [5, 5.41) is 0. The van der Waals surface area contributed by atoms with Crippen molar-refractivity contribution in [2.75, 3.05) is 39.3 Å². The van der Waals surface area contributed by atoms with Gasteiger partial charge in [-0.1, -0.05) is 42.5 Å². The smallest absolute Gasteiger partial charge is 0.292 e. The molecule has 0 fully saturated rings. The zero-order chi connectivity index (χ0) is 19.1. The molecule has 0 amide bonds. The second-order valence-electron chi connectivity index (χ2n) is 5.71. The second kappa shape index (κ2) is 13.6. The zero-order valence-corrected chi connectivity index (χ0v) is 16.8.